The average molecular weight is 405 g/mol. The number of hydrogen-bond donors (Lipinski definition) is 1. The van der Waals surface area contributed by atoms with Gasteiger partial charge in [-0.05, 0) is 50.3 Å². The quantitative estimate of drug-likeness (QED) is 0.482. The Morgan fingerprint density at radius 3 is 2.93 bits per heavy atom. The van der Waals surface area contributed by atoms with Gasteiger partial charge in [0.05, 0.1) is 6.10 Å². The van der Waals surface area contributed by atoms with Crippen LogP contribution in [0.15, 0.2) is 29.3 Å². The second-order valence-electron chi connectivity index (χ2n) is 6.67. The molecule has 0 fully saturated rings. The lowest BCUT2D eigenvalue weighted by Crippen LogP contribution is -2.20. The maximum Gasteiger partial charge on any atom is 0.165 e. The van der Waals surface area contributed by atoms with Crippen LogP contribution >= 0.6 is 23.1 Å². The number of aryl methyl sites for hydroxylation is 3. The molecule has 3 aromatic rings. The molecule has 0 bridgehead atoms. The highest BCUT2D eigenvalue weighted by Gasteiger charge is 2.21. The van der Waals surface area contributed by atoms with Crippen molar-refractivity contribution in [3.8, 4) is 5.75 Å². The number of halogens is 1. The summed E-state index contributed by atoms with van der Waals surface area (Å²) < 4.78 is 19.0. The molecule has 0 spiro atoms. The number of aromatic nitrogens is 2. The molecule has 0 unspecified atom stereocenters. The summed E-state index contributed by atoms with van der Waals surface area (Å²) in [5.41, 5.74) is 1.39. The first-order chi connectivity index (χ1) is 13.1. The summed E-state index contributed by atoms with van der Waals surface area (Å²) in [6.45, 7) is 1.95. The van der Waals surface area contributed by atoms with E-state index >= 15 is 0 Å². The molecule has 0 saturated heterocycles. The second-order valence-corrected chi connectivity index (χ2v) is 8.77. The van der Waals surface area contributed by atoms with Crippen molar-refractivity contribution in [1.82, 2.24) is 9.97 Å². The van der Waals surface area contributed by atoms with E-state index in [-0.39, 0.29) is 12.4 Å². The van der Waals surface area contributed by atoms with E-state index in [1.165, 1.54) is 41.1 Å². The van der Waals surface area contributed by atoms with Crippen molar-refractivity contribution in [3.63, 3.8) is 0 Å². The van der Waals surface area contributed by atoms with E-state index in [0.29, 0.717) is 5.75 Å². The number of nitrogens with zero attached hydrogens (tertiary/aromatic N) is 2. The van der Waals surface area contributed by atoms with Crippen molar-refractivity contribution in [1.29, 1.82) is 0 Å². The van der Waals surface area contributed by atoms with Gasteiger partial charge < -0.3 is 9.84 Å². The molecule has 4 nitrogen and oxygen atoms in total. The van der Waals surface area contributed by atoms with Gasteiger partial charge in [0.2, 0.25) is 0 Å². The maximum atomic E-state index is 13.6. The Morgan fingerprint density at radius 2 is 2.07 bits per heavy atom. The van der Waals surface area contributed by atoms with Gasteiger partial charge in [0.1, 0.15) is 22.3 Å². The van der Waals surface area contributed by atoms with Crippen molar-refractivity contribution in [2.24, 2.45) is 0 Å². The summed E-state index contributed by atoms with van der Waals surface area (Å²) in [6, 6.07) is 6.22. The number of hydrogen-bond acceptors (Lipinski definition) is 6. The topological polar surface area (TPSA) is 55.2 Å². The molecule has 4 rings (SSSR count). The van der Waals surface area contributed by atoms with Crippen LogP contribution in [0.3, 0.4) is 0 Å². The third kappa shape index (κ3) is 4.10. The SMILES string of the molecule is Cc1nc(SC[C@H](O)COc2ccccc2F)c2c3c(sc2n1)CCCC3. The minimum absolute atomic E-state index is 0.0445. The number of aliphatic hydroxyl groups excluding tert-OH is 1. The van der Waals surface area contributed by atoms with Gasteiger partial charge in [-0.25, -0.2) is 14.4 Å². The number of thioether (sulfide) groups is 1. The van der Waals surface area contributed by atoms with Crippen molar-refractivity contribution < 1.29 is 14.2 Å². The van der Waals surface area contributed by atoms with E-state index in [1.54, 1.807) is 29.5 Å². The molecule has 0 radical (unpaired) electrons. The van der Waals surface area contributed by atoms with Gasteiger partial charge in [-0.2, -0.15) is 0 Å². The van der Waals surface area contributed by atoms with Gasteiger partial charge in [-0.3, -0.25) is 0 Å². The molecule has 2 aromatic heterocycles. The average Bonchev–Trinajstić information content (AvgIpc) is 3.03. The first-order valence-electron chi connectivity index (χ1n) is 9.09. The van der Waals surface area contributed by atoms with Crippen LogP contribution in [-0.4, -0.2) is 33.5 Å². The van der Waals surface area contributed by atoms with E-state index in [0.717, 1.165) is 33.9 Å². The fraction of sp³-hybridized carbons (Fsp3) is 0.400. The minimum Gasteiger partial charge on any atom is -0.488 e. The molecule has 27 heavy (non-hydrogen) atoms. The van der Waals surface area contributed by atoms with Crippen molar-refractivity contribution in [3.05, 3.63) is 46.3 Å². The monoisotopic (exact) mass is 404 g/mol. The summed E-state index contributed by atoms with van der Waals surface area (Å²) in [7, 11) is 0. The summed E-state index contributed by atoms with van der Waals surface area (Å²) >= 11 is 3.30. The fourth-order valence-electron chi connectivity index (χ4n) is 3.30. The summed E-state index contributed by atoms with van der Waals surface area (Å²) in [4.78, 5) is 11.7. The van der Waals surface area contributed by atoms with Crippen LogP contribution in [0.4, 0.5) is 4.39 Å². The fourth-order valence-corrected chi connectivity index (χ4v) is 5.68. The van der Waals surface area contributed by atoms with Gasteiger partial charge in [0.15, 0.2) is 11.6 Å². The van der Waals surface area contributed by atoms with E-state index in [4.69, 9.17) is 4.74 Å². The minimum atomic E-state index is -0.714. The Morgan fingerprint density at radius 1 is 1.26 bits per heavy atom. The highest BCUT2D eigenvalue weighted by atomic mass is 32.2. The lowest BCUT2D eigenvalue weighted by Gasteiger charge is -2.14. The highest BCUT2D eigenvalue weighted by Crippen LogP contribution is 2.39. The molecule has 1 atom stereocenters. The van der Waals surface area contributed by atoms with E-state index in [2.05, 4.69) is 9.97 Å². The second kappa shape index (κ2) is 8.12. The van der Waals surface area contributed by atoms with Gasteiger partial charge in [0, 0.05) is 16.0 Å². The number of benzene rings is 1. The normalized spacial score (nSPS) is 14.9. The van der Waals surface area contributed by atoms with Crippen LogP contribution in [-0.2, 0) is 12.8 Å². The smallest absolute Gasteiger partial charge is 0.165 e. The predicted octanol–water partition coefficient (Wildman–Crippen LogP) is 4.55. The number of aliphatic hydroxyl groups is 1. The van der Waals surface area contributed by atoms with Crippen molar-refractivity contribution >= 4 is 33.3 Å². The molecule has 1 aliphatic rings. The zero-order chi connectivity index (χ0) is 18.8. The molecule has 142 valence electrons. The van der Waals surface area contributed by atoms with Gasteiger partial charge in [0.25, 0.3) is 0 Å². The van der Waals surface area contributed by atoms with Crippen molar-refractivity contribution in [2.45, 2.75) is 43.7 Å². The Bertz CT molecular complexity index is 961. The third-order valence-electron chi connectivity index (χ3n) is 4.57. The van der Waals surface area contributed by atoms with Crippen LogP contribution in [0.2, 0.25) is 0 Å². The molecule has 0 aliphatic heterocycles. The van der Waals surface area contributed by atoms with E-state index in [9.17, 15) is 9.50 Å². The standard InChI is InChI=1S/C20H21FN2O2S2/c1-12-22-19(18-14-6-2-5-9-17(14)27-20(18)23-12)26-11-13(24)10-25-16-8-4-3-7-15(16)21/h3-4,7-8,13,24H,2,5-6,9-11H2,1H3/t13-/m1/s1. The van der Waals surface area contributed by atoms with Crippen LogP contribution in [0.1, 0.15) is 29.1 Å². The molecule has 1 aromatic carbocycles. The van der Waals surface area contributed by atoms with Crippen LogP contribution in [0.5, 0.6) is 5.75 Å². The first-order valence-corrected chi connectivity index (χ1v) is 10.9. The number of thiophene rings is 1. The number of fused-ring (bicyclic) bond motifs is 3. The van der Waals surface area contributed by atoms with E-state index < -0.39 is 11.9 Å². The largest absolute Gasteiger partial charge is 0.488 e. The van der Waals surface area contributed by atoms with E-state index in [1.807, 2.05) is 6.92 Å². The Kier molecular flexibility index (Phi) is 5.61. The summed E-state index contributed by atoms with van der Waals surface area (Å²) in [5, 5.41) is 12.4. The molecular formula is C20H21FN2O2S2. The Labute approximate surface area is 165 Å². The Balaban J connectivity index is 1.47. The molecule has 7 heteroatoms. The third-order valence-corrected chi connectivity index (χ3v) is 6.88. The summed E-state index contributed by atoms with van der Waals surface area (Å²) in [6.07, 6.45) is 3.93. The summed E-state index contributed by atoms with van der Waals surface area (Å²) in [5.74, 6) is 0.926. The molecule has 0 saturated carbocycles. The lowest BCUT2D eigenvalue weighted by atomic mass is 9.97. The predicted molar refractivity (Wildman–Crippen MR) is 107 cm³/mol. The number of ether oxygens (including phenoxy) is 1. The zero-order valence-corrected chi connectivity index (χ0v) is 16.7. The number of para-hydroxylation sites is 1. The Hall–Kier alpha value is -1.70. The molecule has 0 amide bonds. The molecule has 1 aliphatic carbocycles. The van der Waals surface area contributed by atoms with Gasteiger partial charge >= 0.3 is 0 Å². The molecule has 1 N–H and O–H groups in total. The van der Waals surface area contributed by atoms with Crippen LogP contribution in [0.25, 0.3) is 10.2 Å². The highest BCUT2D eigenvalue weighted by molar-refractivity contribution is 7.99. The van der Waals surface area contributed by atoms with Gasteiger partial charge in [-0.15, -0.1) is 23.1 Å². The first kappa shape index (κ1) is 18.7. The molecule has 2 heterocycles. The van der Waals surface area contributed by atoms with Gasteiger partial charge in [-0.1, -0.05) is 12.1 Å². The zero-order valence-electron chi connectivity index (χ0n) is 15.1. The maximum absolute atomic E-state index is 13.6. The van der Waals surface area contributed by atoms with Crippen molar-refractivity contribution in [2.75, 3.05) is 12.4 Å². The van der Waals surface area contributed by atoms with Crippen LogP contribution < -0.4 is 4.74 Å². The van der Waals surface area contributed by atoms with Crippen LogP contribution in [0, 0.1) is 12.7 Å². The lowest BCUT2D eigenvalue weighted by molar-refractivity contribution is 0.123. The number of rotatable bonds is 6. The molecular weight excluding hydrogens is 383 g/mol.